The van der Waals surface area contributed by atoms with Gasteiger partial charge in [0, 0.05) is 5.56 Å². The monoisotopic (exact) mass is 252 g/mol. The molecule has 0 atom stereocenters. The smallest absolute Gasteiger partial charge is 0.314 e. The molecule has 0 heterocycles. The van der Waals surface area contributed by atoms with Gasteiger partial charge in [0.2, 0.25) is 0 Å². The zero-order valence-corrected chi connectivity index (χ0v) is 10.6. The van der Waals surface area contributed by atoms with Crippen LogP contribution < -0.4 is 4.74 Å². The zero-order chi connectivity index (χ0) is 13.3. The van der Waals surface area contributed by atoms with Crippen LogP contribution in [0.2, 0.25) is 0 Å². The molecule has 0 amide bonds. The van der Waals surface area contributed by atoms with Gasteiger partial charge >= 0.3 is 5.97 Å². The molecule has 4 heteroatoms. The van der Waals surface area contributed by atoms with Gasteiger partial charge in [-0.05, 0) is 37.5 Å². The van der Waals surface area contributed by atoms with Crippen LogP contribution in [0.15, 0.2) is 12.1 Å². The fourth-order valence-corrected chi connectivity index (χ4v) is 2.77. The van der Waals surface area contributed by atoms with Crippen LogP contribution in [0.25, 0.3) is 0 Å². The van der Waals surface area contributed by atoms with Crippen LogP contribution in [0.5, 0.6) is 5.75 Å². The molecule has 0 aliphatic heterocycles. The third-order valence-corrected chi connectivity index (χ3v) is 3.86. The number of halogens is 1. The van der Waals surface area contributed by atoms with Crippen LogP contribution in [-0.2, 0) is 10.2 Å². The van der Waals surface area contributed by atoms with Crippen molar-refractivity contribution in [2.45, 2.75) is 38.0 Å². The number of benzene rings is 1. The number of aryl methyl sites for hydroxylation is 1. The van der Waals surface area contributed by atoms with E-state index >= 15 is 0 Å². The summed E-state index contributed by atoms with van der Waals surface area (Å²) in [5.41, 5.74) is -0.0490. The number of carbonyl (C=O) groups is 1. The van der Waals surface area contributed by atoms with Crippen molar-refractivity contribution >= 4 is 5.97 Å². The number of carboxylic acid groups (broad SMARTS) is 1. The minimum Gasteiger partial charge on any atom is -0.496 e. The number of aliphatic carboxylic acids is 1. The lowest BCUT2D eigenvalue weighted by Crippen LogP contribution is -2.33. The fourth-order valence-electron chi connectivity index (χ4n) is 2.77. The quantitative estimate of drug-likeness (QED) is 0.899. The highest BCUT2D eigenvalue weighted by Gasteiger charge is 2.45. The molecule has 1 fully saturated rings. The van der Waals surface area contributed by atoms with Gasteiger partial charge < -0.3 is 9.84 Å². The Morgan fingerprint density at radius 1 is 1.39 bits per heavy atom. The van der Waals surface area contributed by atoms with Crippen molar-refractivity contribution in [2.75, 3.05) is 7.11 Å². The van der Waals surface area contributed by atoms with Crippen LogP contribution in [-0.4, -0.2) is 18.2 Å². The molecule has 3 nitrogen and oxygen atoms in total. The Balaban J connectivity index is 2.61. The first-order chi connectivity index (χ1) is 8.51. The molecule has 1 saturated carbocycles. The first-order valence-corrected chi connectivity index (χ1v) is 6.09. The summed E-state index contributed by atoms with van der Waals surface area (Å²) >= 11 is 0. The molecule has 2 rings (SSSR count). The Morgan fingerprint density at radius 2 is 2.00 bits per heavy atom. The standard InChI is InChI=1S/C14H17FO3/c1-9-7-12(18-2)10(8-11(9)15)14(13(16)17)5-3-4-6-14/h7-8H,3-6H2,1-2H3,(H,16,17). The summed E-state index contributed by atoms with van der Waals surface area (Å²) in [5, 5.41) is 9.52. The third-order valence-electron chi connectivity index (χ3n) is 3.86. The van der Waals surface area contributed by atoms with Crippen LogP contribution in [0.4, 0.5) is 4.39 Å². The van der Waals surface area contributed by atoms with Crippen molar-refractivity contribution in [1.82, 2.24) is 0 Å². The SMILES string of the molecule is COc1cc(C)c(F)cc1C1(C(=O)O)CCCC1. The fraction of sp³-hybridized carbons (Fsp3) is 0.500. The number of carboxylic acids is 1. The minimum absolute atomic E-state index is 0.377. The van der Waals surface area contributed by atoms with Crippen molar-refractivity contribution < 1.29 is 19.0 Å². The molecule has 18 heavy (non-hydrogen) atoms. The molecule has 0 unspecified atom stereocenters. The molecule has 0 saturated heterocycles. The molecule has 0 aromatic heterocycles. The summed E-state index contributed by atoms with van der Waals surface area (Å²) < 4.78 is 19.0. The van der Waals surface area contributed by atoms with E-state index in [1.807, 2.05) is 0 Å². The van der Waals surface area contributed by atoms with E-state index < -0.39 is 11.4 Å². The highest BCUT2D eigenvalue weighted by atomic mass is 19.1. The summed E-state index contributed by atoms with van der Waals surface area (Å²) in [6, 6.07) is 2.90. The van der Waals surface area contributed by atoms with Crippen molar-refractivity contribution in [3.8, 4) is 5.75 Å². The van der Waals surface area contributed by atoms with Crippen molar-refractivity contribution in [2.24, 2.45) is 0 Å². The molecule has 0 radical (unpaired) electrons. The Labute approximate surface area is 106 Å². The van der Waals surface area contributed by atoms with Gasteiger partial charge in [0.1, 0.15) is 11.6 Å². The van der Waals surface area contributed by atoms with E-state index in [9.17, 15) is 14.3 Å². The number of methoxy groups -OCH3 is 1. The normalized spacial score (nSPS) is 17.7. The Kier molecular flexibility index (Phi) is 3.28. The number of hydrogen-bond donors (Lipinski definition) is 1. The highest BCUT2D eigenvalue weighted by molar-refractivity contribution is 5.83. The maximum Gasteiger partial charge on any atom is 0.314 e. The average Bonchev–Trinajstić information content (AvgIpc) is 2.82. The van der Waals surface area contributed by atoms with Crippen LogP contribution in [0.3, 0.4) is 0 Å². The van der Waals surface area contributed by atoms with Gasteiger partial charge in [-0.3, -0.25) is 4.79 Å². The topological polar surface area (TPSA) is 46.5 Å². The highest BCUT2D eigenvalue weighted by Crippen LogP contribution is 2.45. The largest absolute Gasteiger partial charge is 0.496 e. The van der Waals surface area contributed by atoms with Gasteiger partial charge in [-0.15, -0.1) is 0 Å². The predicted octanol–water partition coefficient (Wildman–Crippen LogP) is 3.04. The van der Waals surface area contributed by atoms with E-state index in [2.05, 4.69) is 0 Å². The molecule has 98 valence electrons. The summed E-state index contributed by atoms with van der Waals surface area (Å²) in [5.74, 6) is -0.793. The lowest BCUT2D eigenvalue weighted by Gasteiger charge is -2.26. The Bertz CT molecular complexity index is 476. The van der Waals surface area contributed by atoms with Crippen LogP contribution in [0.1, 0.15) is 36.8 Å². The molecule has 0 spiro atoms. The van der Waals surface area contributed by atoms with Crippen molar-refractivity contribution in [3.05, 3.63) is 29.1 Å². The molecular formula is C14H17FO3. The van der Waals surface area contributed by atoms with Gasteiger partial charge in [0.25, 0.3) is 0 Å². The van der Waals surface area contributed by atoms with Crippen molar-refractivity contribution in [3.63, 3.8) is 0 Å². The van der Waals surface area contributed by atoms with Gasteiger partial charge in [0.15, 0.2) is 0 Å². The van der Waals surface area contributed by atoms with Gasteiger partial charge in [-0.2, -0.15) is 0 Å². The summed E-state index contributed by atoms with van der Waals surface area (Å²) in [7, 11) is 1.49. The van der Waals surface area contributed by atoms with Crippen LogP contribution >= 0.6 is 0 Å². The van der Waals surface area contributed by atoms with E-state index in [0.717, 1.165) is 12.8 Å². The Morgan fingerprint density at radius 3 is 2.50 bits per heavy atom. The lowest BCUT2D eigenvalue weighted by molar-refractivity contribution is -0.143. The molecule has 1 aliphatic rings. The lowest BCUT2D eigenvalue weighted by atomic mass is 9.78. The number of ether oxygens (including phenoxy) is 1. The second kappa shape index (κ2) is 4.59. The van der Waals surface area contributed by atoms with Crippen molar-refractivity contribution in [1.29, 1.82) is 0 Å². The molecule has 1 aliphatic carbocycles. The predicted molar refractivity (Wildman–Crippen MR) is 65.5 cm³/mol. The zero-order valence-electron chi connectivity index (χ0n) is 10.6. The maximum atomic E-state index is 13.7. The van der Waals surface area contributed by atoms with E-state index in [0.29, 0.717) is 29.7 Å². The number of hydrogen-bond acceptors (Lipinski definition) is 2. The third kappa shape index (κ3) is 1.85. The van der Waals surface area contributed by atoms with Crippen LogP contribution in [0, 0.1) is 12.7 Å². The van der Waals surface area contributed by atoms with E-state index in [4.69, 9.17) is 4.74 Å². The maximum absolute atomic E-state index is 13.7. The number of rotatable bonds is 3. The van der Waals surface area contributed by atoms with E-state index in [1.54, 1.807) is 13.0 Å². The molecule has 1 aromatic carbocycles. The molecule has 1 N–H and O–H groups in total. The molecule has 1 aromatic rings. The molecular weight excluding hydrogens is 235 g/mol. The molecule has 0 bridgehead atoms. The van der Waals surface area contributed by atoms with E-state index in [-0.39, 0.29) is 5.82 Å². The minimum atomic E-state index is -0.986. The van der Waals surface area contributed by atoms with Gasteiger partial charge in [-0.1, -0.05) is 12.8 Å². The van der Waals surface area contributed by atoms with E-state index in [1.165, 1.54) is 13.2 Å². The second-order valence-electron chi connectivity index (χ2n) is 4.90. The summed E-state index contributed by atoms with van der Waals surface area (Å²) in [6.45, 7) is 1.64. The first-order valence-electron chi connectivity index (χ1n) is 6.09. The summed E-state index contributed by atoms with van der Waals surface area (Å²) in [4.78, 5) is 11.6. The first kappa shape index (κ1) is 12.9. The average molecular weight is 252 g/mol. The van der Waals surface area contributed by atoms with Gasteiger partial charge in [-0.25, -0.2) is 4.39 Å². The second-order valence-corrected chi connectivity index (χ2v) is 4.90. The van der Waals surface area contributed by atoms with Gasteiger partial charge in [0.05, 0.1) is 12.5 Å². The Hall–Kier alpha value is -1.58. The summed E-state index contributed by atoms with van der Waals surface area (Å²) in [6.07, 6.45) is 2.79.